The molecule has 2 N–H and O–H groups in total. The van der Waals surface area contributed by atoms with Gasteiger partial charge in [-0.25, -0.2) is 4.98 Å². The number of hydrogen-bond donors (Lipinski definition) is 2. The summed E-state index contributed by atoms with van der Waals surface area (Å²) >= 11 is 0. The Morgan fingerprint density at radius 2 is 2.00 bits per heavy atom. The molecule has 0 spiro atoms. The van der Waals surface area contributed by atoms with Crippen LogP contribution in [0.3, 0.4) is 0 Å². The first-order chi connectivity index (χ1) is 10.0. The fourth-order valence-corrected chi connectivity index (χ4v) is 2.64. The monoisotopic (exact) mass is 293 g/mol. The lowest BCUT2D eigenvalue weighted by molar-refractivity contribution is -0.385. The van der Waals surface area contributed by atoms with Gasteiger partial charge in [0.15, 0.2) is 0 Å². The molecule has 1 aliphatic carbocycles. The van der Waals surface area contributed by atoms with Crippen LogP contribution in [0.15, 0.2) is 0 Å². The molecule has 1 aromatic heterocycles. The fourth-order valence-electron chi connectivity index (χ4n) is 2.64. The Morgan fingerprint density at radius 1 is 1.29 bits per heavy atom. The topological polar surface area (TPSA) is 93.0 Å². The maximum atomic E-state index is 11.2. The minimum absolute atomic E-state index is 0.0241. The van der Waals surface area contributed by atoms with Gasteiger partial charge in [-0.3, -0.25) is 10.1 Å². The molecule has 1 aliphatic rings. The smallest absolute Gasteiger partial charge is 0.332 e. The van der Waals surface area contributed by atoms with Crippen molar-refractivity contribution >= 4 is 17.5 Å². The molecular weight excluding hydrogens is 270 g/mol. The first-order valence-electron chi connectivity index (χ1n) is 7.52. The molecule has 0 aromatic carbocycles. The lowest BCUT2D eigenvalue weighted by Gasteiger charge is -2.16. The van der Waals surface area contributed by atoms with Gasteiger partial charge in [-0.1, -0.05) is 13.3 Å². The molecule has 1 heterocycles. The first kappa shape index (κ1) is 15.5. The molecule has 1 aromatic rings. The van der Waals surface area contributed by atoms with Crippen LogP contribution in [-0.4, -0.2) is 28.0 Å². The number of anilines is 2. The van der Waals surface area contributed by atoms with E-state index in [4.69, 9.17) is 0 Å². The summed E-state index contributed by atoms with van der Waals surface area (Å²) in [6.45, 7) is 7.17. The van der Waals surface area contributed by atoms with Crippen LogP contribution in [-0.2, 0) is 0 Å². The highest BCUT2D eigenvalue weighted by Crippen LogP contribution is 2.49. The molecule has 0 saturated heterocycles. The van der Waals surface area contributed by atoms with Crippen LogP contribution in [0.2, 0.25) is 0 Å². The number of rotatable bonds is 8. The molecule has 7 nitrogen and oxygen atoms in total. The molecule has 0 unspecified atom stereocenters. The molecule has 21 heavy (non-hydrogen) atoms. The van der Waals surface area contributed by atoms with Crippen LogP contribution in [0.1, 0.15) is 45.2 Å². The summed E-state index contributed by atoms with van der Waals surface area (Å²) in [6.07, 6.45) is 4.66. The van der Waals surface area contributed by atoms with E-state index in [0.29, 0.717) is 29.4 Å². The molecule has 0 aliphatic heterocycles. The van der Waals surface area contributed by atoms with Crippen molar-refractivity contribution in [3.05, 3.63) is 15.8 Å². The molecular formula is C14H23N5O2. The van der Waals surface area contributed by atoms with Gasteiger partial charge in [-0.2, -0.15) is 4.98 Å². The normalized spacial score (nSPS) is 15.6. The van der Waals surface area contributed by atoms with Gasteiger partial charge in [0, 0.05) is 13.1 Å². The van der Waals surface area contributed by atoms with E-state index < -0.39 is 4.92 Å². The third-order valence-corrected chi connectivity index (χ3v) is 3.94. The number of nitro groups is 1. The Morgan fingerprint density at radius 3 is 2.52 bits per heavy atom. The molecule has 0 amide bonds. The maximum Gasteiger partial charge on any atom is 0.332 e. The quantitative estimate of drug-likeness (QED) is 0.565. The van der Waals surface area contributed by atoms with Gasteiger partial charge in [0.05, 0.1) is 4.92 Å². The van der Waals surface area contributed by atoms with Crippen LogP contribution in [0.4, 0.5) is 17.5 Å². The molecule has 1 fully saturated rings. The molecule has 0 atom stereocenters. The van der Waals surface area contributed by atoms with Crippen molar-refractivity contribution in [2.45, 2.75) is 46.5 Å². The van der Waals surface area contributed by atoms with Gasteiger partial charge in [-0.15, -0.1) is 0 Å². The Balaban J connectivity index is 2.21. The summed E-state index contributed by atoms with van der Waals surface area (Å²) in [5.74, 6) is 0.759. The highest BCUT2D eigenvalue weighted by Gasteiger charge is 2.41. The third kappa shape index (κ3) is 3.59. The summed E-state index contributed by atoms with van der Waals surface area (Å²) in [5, 5.41) is 17.4. The van der Waals surface area contributed by atoms with Crippen LogP contribution in [0, 0.1) is 22.5 Å². The average molecular weight is 293 g/mol. The summed E-state index contributed by atoms with van der Waals surface area (Å²) in [4.78, 5) is 19.2. The Labute approximate surface area is 124 Å². The molecule has 0 radical (unpaired) electrons. The lowest BCUT2D eigenvalue weighted by Crippen LogP contribution is -2.18. The summed E-state index contributed by atoms with van der Waals surface area (Å²) in [7, 11) is 0. The van der Waals surface area contributed by atoms with Gasteiger partial charge in [0.25, 0.3) is 0 Å². The lowest BCUT2D eigenvalue weighted by atomic mass is 10.0. The molecule has 116 valence electrons. The molecule has 1 saturated carbocycles. The zero-order valence-electron chi connectivity index (χ0n) is 12.9. The second kappa shape index (κ2) is 6.24. The fraction of sp³-hybridized carbons (Fsp3) is 0.714. The number of nitrogens with zero attached hydrogens (tertiary/aromatic N) is 3. The second-order valence-electron chi connectivity index (χ2n) is 5.72. The van der Waals surface area contributed by atoms with Crippen molar-refractivity contribution in [1.82, 2.24) is 9.97 Å². The van der Waals surface area contributed by atoms with Crippen LogP contribution >= 0.6 is 0 Å². The first-order valence-corrected chi connectivity index (χ1v) is 7.52. The van der Waals surface area contributed by atoms with Crippen molar-refractivity contribution in [2.24, 2.45) is 5.41 Å². The highest BCUT2D eigenvalue weighted by atomic mass is 16.6. The Kier molecular flexibility index (Phi) is 4.59. The molecule has 7 heteroatoms. The largest absolute Gasteiger partial charge is 0.364 e. The van der Waals surface area contributed by atoms with E-state index in [2.05, 4.69) is 27.5 Å². The zero-order chi connectivity index (χ0) is 15.5. The highest BCUT2D eigenvalue weighted by molar-refractivity contribution is 5.61. The van der Waals surface area contributed by atoms with E-state index in [1.807, 2.05) is 6.92 Å². The van der Waals surface area contributed by atoms with Crippen molar-refractivity contribution in [3.63, 3.8) is 0 Å². The summed E-state index contributed by atoms with van der Waals surface area (Å²) < 4.78 is 0. The molecule has 2 rings (SSSR count). The van der Waals surface area contributed by atoms with Gasteiger partial charge in [0.1, 0.15) is 5.69 Å². The number of hydrogen-bond acceptors (Lipinski definition) is 6. The predicted molar refractivity (Wildman–Crippen MR) is 82.7 cm³/mol. The zero-order valence-corrected chi connectivity index (χ0v) is 12.9. The Bertz CT molecular complexity index is 528. The number of aryl methyl sites for hydroxylation is 1. The summed E-state index contributed by atoms with van der Waals surface area (Å²) in [6, 6.07) is 0. The van der Waals surface area contributed by atoms with E-state index in [1.165, 1.54) is 12.8 Å². The van der Waals surface area contributed by atoms with Crippen molar-refractivity contribution in [1.29, 1.82) is 0 Å². The minimum Gasteiger partial charge on any atom is -0.364 e. The van der Waals surface area contributed by atoms with Gasteiger partial charge in [-0.05, 0) is 38.5 Å². The van der Waals surface area contributed by atoms with Gasteiger partial charge >= 0.3 is 5.69 Å². The van der Waals surface area contributed by atoms with Crippen molar-refractivity contribution in [2.75, 3.05) is 23.7 Å². The van der Waals surface area contributed by atoms with Gasteiger partial charge in [0.2, 0.25) is 11.8 Å². The second-order valence-corrected chi connectivity index (χ2v) is 5.72. The number of nitrogens with one attached hydrogen (secondary N) is 2. The molecule has 0 bridgehead atoms. The van der Waals surface area contributed by atoms with Gasteiger partial charge < -0.3 is 10.6 Å². The van der Waals surface area contributed by atoms with E-state index in [1.54, 1.807) is 6.92 Å². The van der Waals surface area contributed by atoms with Crippen molar-refractivity contribution < 1.29 is 4.92 Å². The van der Waals surface area contributed by atoms with E-state index in [9.17, 15) is 10.1 Å². The van der Waals surface area contributed by atoms with E-state index >= 15 is 0 Å². The third-order valence-electron chi connectivity index (χ3n) is 3.94. The van der Waals surface area contributed by atoms with E-state index in [-0.39, 0.29) is 5.69 Å². The predicted octanol–water partition coefficient (Wildman–Crippen LogP) is 3.12. The number of aromatic nitrogens is 2. The van der Waals surface area contributed by atoms with Crippen LogP contribution in [0.5, 0.6) is 0 Å². The van der Waals surface area contributed by atoms with E-state index in [0.717, 1.165) is 19.4 Å². The minimum atomic E-state index is -0.410. The van der Waals surface area contributed by atoms with Crippen molar-refractivity contribution in [3.8, 4) is 0 Å². The maximum absolute atomic E-state index is 11.2. The average Bonchev–Trinajstić information content (AvgIpc) is 3.16. The van der Waals surface area contributed by atoms with Crippen LogP contribution in [0.25, 0.3) is 0 Å². The summed E-state index contributed by atoms with van der Waals surface area (Å²) in [5.41, 5.74) is 0.664. The Hall–Kier alpha value is -1.92. The van der Waals surface area contributed by atoms with Crippen LogP contribution < -0.4 is 10.6 Å². The SMILES string of the molecule is CCCC1(CNc2nc(NCC)nc(C)c2[N+](=O)[O-])CC1. The standard InChI is InChI=1S/C14H23N5O2/c1-4-6-14(7-8-14)9-16-12-11(19(20)21)10(3)17-13(18-12)15-5-2/h4-9H2,1-3H3,(H2,15,16,17,18).